The summed E-state index contributed by atoms with van der Waals surface area (Å²) in [6, 6.07) is 9.75. The van der Waals surface area contributed by atoms with Gasteiger partial charge in [-0.25, -0.2) is 0 Å². The van der Waals surface area contributed by atoms with Gasteiger partial charge in [0.15, 0.2) is 23.0 Å². The normalized spacial score (nSPS) is 18.0. The van der Waals surface area contributed by atoms with Gasteiger partial charge >= 0.3 is 0 Å². The molecule has 0 saturated carbocycles. The van der Waals surface area contributed by atoms with Gasteiger partial charge in [0.1, 0.15) is 0 Å². The predicted molar refractivity (Wildman–Crippen MR) is 84.1 cm³/mol. The van der Waals surface area contributed by atoms with Crippen molar-refractivity contribution >= 4 is 5.57 Å². The second kappa shape index (κ2) is 5.64. The van der Waals surface area contributed by atoms with Crippen LogP contribution in [0.1, 0.15) is 36.3 Å². The SMILES string of the molecule is Oc1ccc(C2=CC(c3ccc(O)c(O)c3)CCC2)cc1O. The first-order valence-corrected chi connectivity index (χ1v) is 7.29. The Kier molecular flexibility index (Phi) is 3.67. The number of hydrogen-bond acceptors (Lipinski definition) is 4. The zero-order valence-corrected chi connectivity index (χ0v) is 12.0. The Morgan fingerprint density at radius 3 is 2.14 bits per heavy atom. The Bertz CT molecular complexity index is 734. The standard InChI is InChI=1S/C18H18O4/c19-15-6-4-13(9-17(15)21)11-2-1-3-12(8-11)14-5-7-16(20)18(22)10-14/h4-11,19-22H,1-3H2. The highest BCUT2D eigenvalue weighted by Gasteiger charge is 2.18. The number of hydrogen-bond donors (Lipinski definition) is 4. The van der Waals surface area contributed by atoms with Crippen molar-refractivity contribution in [3.05, 3.63) is 53.6 Å². The van der Waals surface area contributed by atoms with Crippen molar-refractivity contribution in [3.63, 3.8) is 0 Å². The summed E-state index contributed by atoms with van der Waals surface area (Å²) < 4.78 is 0. The lowest BCUT2D eigenvalue weighted by Gasteiger charge is -2.22. The quantitative estimate of drug-likeness (QED) is 0.635. The van der Waals surface area contributed by atoms with Gasteiger partial charge < -0.3 is 20.4 Å². The molecule has 4 nitrogen and oxygen atoms in total. The number of rotatable bonds is 2. The monoisotopic (exact) mass is 298 g/mol. The second-order valence-corrected chi connectivity index (χ2v) is 5.64. The van der Waals surface area contributed by atoms with E-state index < -0.39 is 0 Å². The first-order chi connectivity index (χ1) is 10.5. The smallest absolute Gasteiger partial charge is 0.157 e. The van der Waals surface area contributed by atoms with Gasteiger partial charge in [0.05, 0.1) is 0 Å². The van der Waals surface area contributed by atoms with Crippen molar-refractivity contribution < 1.29 is 20.4 Å². The van der Waals surface area contributed by atoms with Crippen LogP contribution >= 0.6 is 0 Å². The number of phenols is 4. The van der Waals surface area contributed by atoms with Crippen LogP contribution < -0.4 is 0 Å². The van der Waals surface area contributed by atoms with E-state index in [0.717, 1.165) is 36.0 Å². The van der Waals surface area contributed by atoms with Crippen molar-refractivity contribution in [2.45, 2.75) is 25.2 Å². The molecular formula is C18H18O4. The Morgan fingerprint density at radius 1 is 0.773 bits per heavy atom. The summed E-state index contributed by atoms with van der Waals surface area (Å²) in [5.74, 6) is -0.318. The highest BCUT2D eigenvalue weighted by molar-refractivity contribution is 5.69. The van der Waals surface area contributed by atoms with E-state index in [2.05, 4.69) is 6.08 Å². The minimum Gasteiger partial charge on any atom is -0.504 e. The Hall–Kier alpha value is -2.62. The summed E-state index contributed by atoms with van der Waals surface area (Å²) in [5, 5.41) is 38.1. The van der Waals surface area contributed by atoms with Crippen molar-refractivity contribution in [3.8, 4) is 23.0 Å². The minimum absolute atomic E-state index is 0.111. The lowest BCUT2D eigenvalue weighted by atomic mass is 9.83. The van der Waals surface area contributed by atoms with E-state index in [0.29, 0.717) is 0 Å². The summed E-state index contributed by atoms with van der Waals surface area (Å²) in [4.78, 5) is 0. The summed E-state index contributed by atoms with van der Waals surface area (Å²) in [6.07, 6.45) is 5.00. The third-order valence-corrected chi connectivity index (χ3v) is 4.14. The molecule has 0 aromatic heterocycles. The van der Waals surface area contributed by atoms with E-state index >= 15 is 0 Å². The van der Waals surface area contributed by atoms with Crippen LogP contribution in [0.25, 0.3) is 5.57 Å². The summed E-state index contributed by atoms with van der Waals surface area (Å²) in [6.45, 7) is 0. The highest BCUT2D eigenvalue weighted by atomic mass is 16.3. The predicted octanol–water partition coefficient (Wildman–Crippen LogP) is 3.86. The molecule has 0 saturated heterocycles. The largest absolute Gasteiger partial charge is 0.504 e. The van der Waals surface area contributed by atoms with Gasteiger partial charge in [-0.05, 0) is 60.2 Å². The third kappa shape index (κ3) is 2.72. The van der Waals surface area contributed by atoms with Gasteiger partial charge in [0.2, 0.25) is 0 Å². The average molecular weight is 298 g/mol. The zero-order chi connectivity index (χ0) is 15.7. The van der Waals surface area contributed by atoms with Crippen LogP contribution in [0, 0.1) is 0 Å². The minimum atomic E-state index is -0.125. The molecule has 0 aliphatic heterocycles. The maximum absolute atomic E-state index is 9.65. The highest BCUT2D eigenvalue weighted by Crippen LogP contribution is 2.39. The molecule has 4 heteroatoms. The van der Waals surface area contributed by atoms with E-state index in [4.69, 9.17) is 0 Å². The third-order valence-electron chi connectivity index (χ3n) is 4.14. The van der Waals surface area contributed by atoms with Crippen molar-refractivity contribution in [1.82, 2.24) is 0 Å². The second-order valence-electron chi connectivity index (χ2n) is 5.64. The first-order valence-electron chi connectivity index (χ1n) is 7.29. The van der Waals surface area contributed by atoms with E-state index in [-0.39, 0.29) is 28.9 Å². The summed E-state index contributed by atoms with van der Waals surface area (Å²) in [7, 11) is 0. The van der Waals surface area contributed by atoms with E-state index in [1.165, 1.54) is 12.1 Å². The fourth-order valence-corrected chi connectivity index (χ4v) is 2.92. The molecule has 114 valence electrons. The topological polar surface area (TPSA) is 80.9 Å². The van der Waals surface area contributed by atoms with Gasteiger partial charge in [-0.15, -0.1) is 0 Å². The maximum Gasteiger partial charge on any atom is 0.157 e. The van der Waals surface area contributed by atoms with Crippen molar-refractivity contribution in [2.24, 2.45) is 0 Å². The molecule has 0 fully saturated rings. The molecule has 2 aromatic carbocycles. The van der Waals surface area contributed by atoms with Crippen LogP contribution in [-0.2, 0) is 0 Å². The Labute approximate surface area is 128 Å². The van der Waals surface area contributed by atoms with E-state index in [9.17, 15) is 20.4 Å². The number of phenolic OH excluding ortho intramolecular Hbond substituents is 4. The molecule has 0 amide bonds. The zero-order valence-electron chi connectivity index (χ0n) is 12.0. The number of benzene rings is 2. The van der Waals surface area contributed by atoms with Crippen LogP contribution in [0.3, 0.4) is 0 Å². The van der Waals surface area contributed by atoms with E-state index in [1.807, 2.05) is 6.07 Å². The molecule has 22 heavy (non-hydrogen) atoms. The lowest BCUT2D eigenvalue weighted by molar-refractivity contribution is 0.402. The van der Waals surface area contributed by atoms with Crippen LogP contribution in [0.5, 0.6) is 23.0 Å². The molecule has 0 radical (unpaired) electrons. The molecule has 3 rings (SSSR count). The number of allylic oxidation sites excluding steroid dienone is 2. The number of aromatic hydroxyl groups is 4. The van der Waals surface area contributed by atoms with Gasteiger partial charge in [-0.3, -0.25) is 0 Å². The summed E-state index contributed by atoms with van der Waals surface area (Å²) in [5.41, 5.74) is 2.96. The molecule has 0 bridgehead atoms. The van der Waals surface area contributed by atoms with Crippen LogP contribution in [0.15, 0.2) is 42.5 Å². The molecule has 2 aromatic rings. The van der Waals surface area contributed by atoms with Gasteiger partial charge in [-0.2, -0.15) is 0 Å². The van der Waals surface area contributed by atoms with Gasteiger partial charge in [0, 0.05) is 5.92 Å². The van der Waals surface area contributed by atoms with Crippen molar-refractivity contribution in [1.29, 1.82) is 0 Å². The molecule has 1 aliphatic carbocycles. The van der Waals surface area contributed by atoms with Crippen LogP contribution in [-0.4, -0.2) is 20.4 Å². The molecule has 0 heterocycles. The fraction of sp³-hybridized carbons (Fsp3) is 0.222. The van der Waals surface area contributed by atoms with Gasteiger partial charge in [-0.1, -0.05) is 18.2 Å². The fourth-order valence-electron chi connectivity index (χ4n) is 2.92. The Balaban J connectivity index is 1.94. The molecule has 1 aliphatic rings. The molecule has 1 atom stereocenters. The molecule has 1 unspecified atom stereocenters. The van der Waals surface area contributed by atoms with E-state index in [1.54, 1.807) is 18.2 Å². The lowest BCUT2D eigenvalue weighted by Crippen LogP contribution is -2.03. The van der Waals surface area contributed by atoms with Crippen LogP contribution in [0.2, 0.25) is 0 Å². The molecular weight excluding hydrogens is 280 g/mol. The molecule has 0 spiro atoms. The summed E-state index contributed by atoms with van der Waals surface area (Å²) >= 11 is 0. The first kappa shape index (κ1) is 14.3. The van der Waals surface area contributed by atoms with Crippen molar-refractivity contribution in [2.75, 3.05) is 0 Å². The Morgan fingerprint density at radius 2 is 1.45 bits per heavy atom. The van der Waals surface area contributed by atoms with Crippen LogP contribution in [0.4, 0.5) is 0 Å². The maximum atomic E-state index is 9.65. The van der Waals surface area contributed by atoms with Gasteiger partial charge in [0.25, 0.3) is 0 Å². The molecule has 4 N–H and O–H groups in total. The average Bonchev–Trinajstić information content (AvgIpc) is 2.53.